The van der Waals surface area contributed by atoms with E-state index in [1.807, 2.05) is 18.2 Å². The van der Waals surface area contributed by atoms with Gasteiger partial charge < -0.3 is 15.2 Å². The lowest BCUT2D eigenvalue weighted by Gasteiger charge is -2.09. The molecule has 17 heavy (non-hydrogen) atoms. The minimum absolute atomic E-state index is 0.00959. The molecule has 0 saturated carbocycles. The summed E-state index contributed by atoms with van der Waals surface area (Å²) in [6, 6.07) is 5.63. The van der Waals surface area contributed by atoms with E-state index in [0.29, 0.717) is 6.54 Å². The number of ether oxygens (including phenoxy) is 1. The van der Waals surface area contributed by atoms with Crippen LogP contribution in [0.1, 0.15) is 11.1 Å². The molecule has 2 N–H and O–H groups in total. The monoisotopic (exact) mass is 251 g/mol. The van der Waals surface area contributed by atoms with E-state index in [9.17, 15) is 5.11 Å². The van der Waals surface area contributed by atoms with Crippen molar-refractivity contribution in [2.75, 3.05) is 12.4 Å². The second-order valence-electron chi connectivity index (χ2n) is 3.39. The minimum atomic E-state index is -0.00959. The van der Waals surface area contributed by atoms with Crippen LogP contribution in [0.5, 0.6) is 5.75 Å². The molecule has 0 aliphatic carbocycles. The number of aliphatic hydroxyl groups is 1. The lowest BCUT2D eigenvalue weighted by molar-refractivity contribution is 0.280. The molecule has 2 aromatic rings. The molecule has 0 spiro atoms. The fourth-order valence-electron chi connectivity index (χ4n) is 1.47. The van der Waals surface area contributed by atoms with Crippen LogP contribution in [0.25, 0.3) is 0 Å². The maximum absolute atomic E-state index is 9.29. The Morgan fingerprint density at radius 3 is 2.94 bits per heavy atom. The normalized spacial score (nSPS) is 10.2. The fraction of sp³-hybridized carbons (Fsp3) is 0.273. The molecule has 90 valence electrons. The zero-order valence-electron chi connectivity index (χ0n) is 9.38. The van der Waals surface area contributed by atoms with Gasteiger partial charge in [-0.05, 0) is 23.3 Å². The van der Waals surface area contributed by atoms with Crippen molar-refractivity contribution in [2.24, 2.45) is 0 Å². The molecular weight excluding hydrogens is 238 g/mol. The van der Waals surface area contributed by atoms with Crippen LogP contribution in [0.4, 0.5) is 5.13 Å². The second-order valence-corrected chi connectivity index (χ2v) is 4.17. The summed E-state index contributed by atoms with van der Waals surface area (Å²) >= 11 is 1.30. The number of benzene rings is 1. The number of hydrogen-bond acceptors (Lipinski definition) is 6. The van der Waals surface area contributed by atoms with E-state index in [1.54, 1.807) is 7.11 Å². The summed E-state index contributed by atoms with van der Waals surface area (Å²) in [6.07, 6.45) is 1.51. The molecule has 0 fully saturated rings. The Balaban J connectivity index is 2.09. The fourth-order valence-corrected chi connectivity index (χ4v) is 1.90. The number of hydrogen-bond donors (Lipinski definition) is 2. The predicted octanol–water partition coefficient (Wildman–Crippen LogP) is 1.65. The molecule has 0 radical (unpaired) electrons. The molecule has 1 heterocycles. The highest BCUT2D eigenvalue weighted by Gasteiger charge is 2.04. The van der Waals surface area contributed by atoms with Gasteiger partial charge >= 0.3 is 0 Å². The van der Waals surface area contributed by atoms with Gasteiger partial charge in [0.05, 0.1) is 13.7 Å². The van der Waals surface area contributed by atoms with Crippen molar-refractivity contribution in [3.8, 4) is 5.75 Å². The standard InChI is InChI=1S/C11H13N3O2S/c1-16-10-3-2-8(9(4-10)6-15)5-12-11-13-7-14-17-11/h2-4,7,15H,5-6H2,1H3,(H,12,13,14). The van der Waals surface area contributed by atoms with Crippen LogP contribution in [0.2, 0.25) is 0 Å². The molecule has 2 rings (SSSR count). The van der Waals surface area contributed by atoms with E-state index in [-0.39, 0.29) is 6.61 Å². The van der Waals surface area contributed by atoms with Crippen molar-refractivity contribution < 1.29 is 9.84 Å². The third kappa shape index (κ3) is 2.92. The van der Waals surface area contributed by atoms with Crippen molar-refractivity contribution in [1.29, 1.82) is 0 Å². The Morgan fingerprint density at radius 1 is 1.41 bits per heavy atom. The second kappa shape index (κ2) is 5.60. The summed E-state index contributed by atoms with van der Waals surface area (Å²) in [5, 5.41) is 13.2. The average molecular weight is 251 g/mol. The topological polar surface area (TPSA) is 67.3 Å². The zero-order valence-corrected chi connectivity index (χ0v) is 10.2. The van der Waals surface area contributed by atoms with Crippen molar-refractivity contribution in [3.63, 3.8) is 0 Å². The van der Waals surface area contributed by atoms with Gasteiger partial charge in [0, 0.05) is 18.1 Å². The van der Waals surface area contributed by atoms with Crippen molar-refractivity contribution in [2.45, 2.75) is 13.2 Å². The Labute approximate surface area is 103 Å². The van der Waals surface area contributed by atoms with Gasteiger partial charge in [0.25, 0.3) is 0 Å². The van der Waals surface area contributed by atoms with Gasteiger partial charge in [-0.3, -0.25) is 0 Å². The van der Waals surface area contributed by atoms with Crippen LogP contribution >= 0.6 is 11.5 Å². The van der Waals surface area contributed by atoms with E-state index in [0.717, 1.165) is 22.0 Å². The highest BCUT2D eigenvalue weighted by atomic mass is 32.1. The van der Waals surface area contributed by atoms with Crippen LogP contribution in [0.15, 0.2) is 24.5 Å². The van der Waals surface area contributed by atoms with Gasteiger partial charge in [-0.25, -0.2) is 4.98 Å². The molecule has 0 aliphatic rings. The van der Waals surface area contributed by atoms with Crippen molar-refractivity contribution in [1.82, 2.24) is 9.36 Å². The molecule has 6 heteroatoms. The smallest absolute Gasteiger partial charge is 0.202 e. The molecule has 0 bridgehead atoms. The number of methoxy groups -OCH3 is 1. The number of aliphatic hydroxyl groups excluding tert-OH is 1. The summed E-state index contributed by atoms with van der Waals surface area (Å²) in [5.74, 6) is 0.744. The van der Waals surface area contributed by atoms with Crippen LogP contribution in [0, 0.1) is 0 Å². The van der Waals surface area contributed by atoms with Gasteiger partial charge in [-0.2, -0.15) is 4.37 Å². The van der Waals surface area contributed by atoms with E-state index >= 15 is 0 Å². The first-order valence-electron chi connectivity index (χ1n) is 5.10. The van der Waals surface area contributed by atoms with E-state index < -0.39 is 0 Å². The molecule has 0 saturated heterocycles. The third-order valence-corrected chi connectivity index (χ3v) is 3.00. The van der Waals surface area contributed by atoms with Gasteiger partial charge in [0.1, 0.15) is 12.1 Å². The van der Waals surface area contributed by atoms with Crippen LogP contribution < -0.4 is 10.1 Å². The van der Waals surface area contributed by atoms with E-state index in [1.165, 1.54) is 17.9 Å². The largest absolute Gasteiger partial charge is 0.497 e. The number of nitrogens with zero attached hydrogens (tertiary/aromatic N) is 2. The zero-order chi connectivity index (χ0) is 12.1. The Kier molecular flexibility index (Phi) is 3.89. The quantitative estimate of drug-likeness (QED) is 0.845. The van der Waals surface area contributed by atoms with Crippen molar-refractivity contribution >= 4 is 16.7 Å². The summed E-state index contributed by atoms with van der Waals surface area (Å²) in [7, 11) is 1.61. The Morgan fingerprint density at radius 2 is 2.29 bits per heavy atom. The van der Waals surface area contributed by atoms with E-state index in [4.69, 9.17) is 4.74 Å². The first kappa shape index (κ1) is 11.8. The Hall–Kier alpha value is -1.66. The lowest BCUT2D eigenvalue weighted by atomic mass is 10.1. The van der Waals surface area contributed by atoms with E-state index in [2.05, 4.69) is 14.7 Å². The van der Waals surface area contributed by atoms with Gasteiger partial charge in [-0.1, -0.05) is 6.07 Å². The molecule has 0 unspecified atom stereocenters. The highest BCUT2D eigenvalue weighted by Crippen LogP contribution is 2.19. The molecule has 0 amide bonds. The van der Waals surface area contributed by atoms with Gasteiger partial charge in [0.2, 0.25) is 5.13 Å². The number of anilines is 1. The summed E-state index contributed by atoms with van der Waals surface area (Å²) in [4.78, 5) is 4.03. The van der Waals surface area contributed by atoms with Crippen LogP contribution in [0.3, 0.4) is 0 Å². The Bertz CT molecular complexity index is 474. The number of aromatic nitrogens is 2. The van der Waals surface area contributed by atoms with Crippen LogP contribution in [-0.2, 0) is 13.2 Å². The minimum Gasteiger partial charge on any atom is -0.497 e. The molecule has 0 atom stereocenters. The van der Waals surface area contributed by atoms with Crippen LogP contribution in [-0.4, -0.2) is 21.6 Å². The summed E-state index contributed by atoms with van der Waals surface area (Å²) < 4.78 is 9.01. The third-order valence-electron chi connectivity index (χ3n) is 2.38. The van der Waals surface area contributed by atoms with Crippen molar-refractivity contribution in [3.05, 3.63) is 35.7 Å². The molecule has 1 aromatic carbocycles. The summed E-state index contributed by atoms with van der Waals surface area (Å²) in [6.45, 7) is 0.597. The first-order valence-corrected chi connectivity index (χ1v) is 5.88. The highest BCUT2D eigenvalue weighted by molar-refractivity contribution is 7.09. The lowest BCUT2D eigenvalue weighted by Crippen LogP contribution is -2.03. The average Bonchev–Trinajstić information content (AvgIpc) is 2.89. The maximum Gasteiger partial charge on any atom is 0.202 e. The first-order chi connectivity index (χ1) is 8.33. The predicted molar refractivity (Wildman–Crippen MR) is 66.2 cm³/mol. The van der Waals surface area contributed by atoms with Gasteiger partial charge in [-0.15, -0.1) is 0 Å². The molecule has 5 nitrogen and oxygen atoms in total. The van der Waals surface area contributed by atoms with Gasteiger partial charge in [0.15, 0.2) is 0 Å². The maximum atomic E-state index is 9.29. The molecule has 1 aromatic heterocycles. The summed E-state index contributed by atoms with van der Waals surface area (Å²) in [5.41, 5.74) is 1.87. The SMILES string of the molecule is COc1ccc(CNc2ncns2)c(CO)c1. The molecular formula is C11H13N3O2S. The molecule has 0 aliphatic heterocycles. The number of rotatable bonds is 5. The number of nitrogens with one attached hydrogen (secondary N) is 1.